The first-order valence-corrected chi connectivity index (χ1v) is 11.7. The maximum Gasteiger partial charge on any atom is 0.313 e. The molecule has 0 spiro atoms. The van der Waals surface area contributed by atoms with Crippen LogP contribution in [0.25, 0.3) is 16.6 Å². The van der Waals surface area contributed by atoms with Crippen LogP contribution in [-0.2, 0) is 0 Å². The molecule has 0 saturated carbocycles. The number of nitro groups is 1. The fraction of sp³-hybridized carbons (Fsp3) is 0.280. The Hall–Kier alpha value is -4.18. The number of anilines is 2. The number of fused-ring (bicyclic) bond motifs is 3. The van der Waals surface area contributed by atoms with Crippen molar-refractivity contribution in [3.63, 3.8) is 0 Å². The lowest BCUT2D eigenvalue weighted by Crippen LogP contribution is -2.43. The molecule has 0 unspecified atom stereocenters. The Morgan fingerprint density at radius 2 is 2.06 bits per heavy atom. The van der Waals surface area contributed by atoms with Gasteiger partial charge >= 0.3 is 5.69 Å². The first kappa shape index (κ1) is 21.4. The van der Waals surface area contributed by atoms with Crippen molar-refractivity contribution >= 4 is 28.2 Å². The van der Waals surface area contributed by atoms with Crippen LogP contribution in [0.3, 0.4) is 0 Å². The second kappa shape index (κ2) is 8.24. The van der Waals surface area contributed by atoms with E-state index in [1.807, 2.05) is 36.4 Å². The molecule has 0 amide bonds. The zero-order valence-electron chi connectivity index (χ0n) is 19.1. The number of nitrogens with zero attached hydrogens (tertiary/aromatic N) is 5. The van der Waals surface area contributed by atoms with Gasteiger partial charge in [-0.25, -0.2) is 9.67 Å². The number of nitrogens with one attached hydrogen (secondary N) is 2. The Morgan fingerprint density at radius 3 is 2.77 bits per heavy atom. The van der Waals surface area contributed by atoms with Gasteiger partial charge in [0.25, 0.3) is 0 Å². The summed E-state index contributed by atoms with van der Waals surface area (Å²) in [5.41, 5.74) is 1.74. The van der Waals surface area contributed by atoms with E-state index in [9.17, 15) is 15.2 Å². The minimum atomic E-state index is -0.575. The highest BCUT2D eigenvalue weighted by Crippen LogP contribution is 2.42. The quantitative estimate of drug-likeness (QED) is 0.287. The number of pyridine rings is 1. The zero-order valence-corrected chi connectivity index (χ0v) is 19.1. The lowest BCUT2D eigenvalue weighted by atomic mass is 10.1. The summed E-state index contributed by atoms with van der Waals surface area (Å²) in [5.74, 6) is 0.972. The summed E-state index contributed by atoms with van der Waals surface area (Å²) in [6, 6.07) is 17.4. The molecule has 35 heavy (non-hydrogen) atoms. The summed E-state index contributed by atoms with van der Waals surface area (Å²) in [7, 11) is 0. The monoisotopic (exact) mass is 471 g/mol. The molecule has 10 nitrogen and oxygen atoms in total. The number of piperazine rings is 1. The van der Waals surface area contributed by atoms with Crippen molar-refractivity contribution in [2.75, 3.05) is 23.3 Å². The Kier molecular flexibility index (Phi) is 5.03. The van der Waals surface area contributed by atoms with E-state index in [0.717, 1.165) is 30.9 Å². The smallest absolute Gasteiger partial charge is 0.313 e. The third-order valence-electron chi connectivity index (χ3n) is 6.95. The van der Waals surface area contributed by atoms with Gasteiger partial charge in [-0.3, -0.25) is 10.1 Å². The molecule has 2 aromatic carbocycles. The van der Waals surface area contributed by atoms with Gasteiger partial charge in [0.15, 0.2) is 5.82 Å². The fourth-order valence-corrected chi connectivity index (χ4v) is 5.21. The predicted molar refractivity (Wildman–Crippen MR) is 133 cm³/mol. The van der Waals surface area contributed by atoms with Crippen LogP contribution < -0.4 is 15.5 Å². The minimum Gasteiger partial charge on any atom is -0.501 e. The molecule has 10 heteroatoms. The largest absolute Gasteiger partial charge is 0.501 e. The fourth-order valence-electron chi connectivity index (χ4n) is 5.21. The molecule has 3 atom stereocenters. The normalized spacial score (nSPS) is 19.9. The summed E-state index contributed by atoms with van der Waals surface area (Å²) in [4.78, 5) is 17.7. The first-order chi connectivity index (χ1) is 17.0. The minimum absolute atomic E-state index is 0.0195. The van der Waals surface area contributed by atoms with Crippen molar-refractivity contribution in [2.24, 2.45) is 0 Å². The van der Waals surface area contributed by atoms with Crippen LogP contribution in [0.4, 0.5) is 17.3 Å². The molecular formula is C25H25N7O3. The molecule has 4 heterocycles. The molecule has 3 N–H and O–H groups in total. The molecule has 2 saturated heterocycles. The molecule has 0 aliphatic carbocycles. The van der Waals surface area contributed by atoms with Crippen LogP contribution in [0.2, 0.25) is 0 Å². The number of aromatic nitrogens is 3. The van der Waals surface area contributed by atoms with E-state index in [1.54, 1.807) is 23.0 Å². The molecule has 4 aromatic rings. The lowest BCUT2D eigenvalue weighted by Gasteiger charge is -2.27. The highest BCUT2D eigenvalue weighted by atomic mass is 16.6. The van der Waals surface area contributed by atoms with Gasteiger partial charge in [-0.15, -0.1) is 5.10 Å². The van der Waals surface area contributed by atoms with E-state index >= 15 is 0 Å². The van der Waals surface area contributed by atoms with Gasteiger partial charge in [-0.05, 0) is 31.0 Å². The van der Waals surface area contributed by atoms with E-state index in [-0.39, 0.29) is 11.7 Å². The van der Waals surface area contributed by atoms with E-state index in [1.165, 1.54) is 6.07 Å². The van der Waals surface area contributed by atoms with E-state index in [2.05, 4.69) is 27.4 Å². The summed E-state index contributed by atoms with van der Waals surface area (Å²) in [6.07, 6.45) is 2.70. The van der Waals surface area contributed by atoms with Gasteiger partial charge in [0.1, 0.15) is 11.3 Å². The summed E-state index contributed by atoms with van der Waals surface area (Å²) >= 11 is 0. The van der Waals surface area contributed by atoms with Gasteiger partial charge in [-0.2, -0.15) is 0 Å². The van der Waals surface area contributed by atoms with Crippen molar-refractivity contribution in [1.82, 2.24) is 20.1 Å². The molecule has 2 aliphatic rings. The van der Waals surface area contributed by atoms with Crippen LogP contribution in [0.5, 0.6) is 5.75 Å². The van der Waals surface area contributed by atoms with E-state index < -0.39 is 10.7 Å². The number of hydrogen-bond acceptors (Lipinski definition) is 8. The van der Waals surface area contributed by atoms with Crippen LogP contribution in [-0.4, -0.2) is 50.0 Å². The van der Waals surface area contributed by atoms with Crippen molar-refractivity contribution in [1.29, 1.82) is 0 Å². The Balaban J connectivity index is 1.44. The van der Waals surface area contributed by atoms with Gasteiger partial charge < -0.3 is 20.6 Å². The van der Waals surface area contributed by atoms with Crippen LogP contribution in [0, 0.1) is 10.1 Å². The molecular weight excluding hydrogens is 446 g/mol. The van der Waals surface area contributed by atoms with Crippen LogP contribution in [0.15, 0.2) is 60.8 Å². The first-order valence-electron chi connectivity index (χ1n) is 11.7. The number of hydrogen-bond donors (Lipinski definition) is 3. The number of rotatable bonds is 6. The molecule has 2 bridgehead atoms. The number of aromatic hydroxyl groups is 1. The average molecular weight is 472 g/mol. The number of phenolic OH excluding ortho intramolecular Hbond substituents is 1. The van der Waals surface area contributed by atoms with Gasteiger partial charge in [-0.1, -0.05) is 30.3 Å². The third kappa shape index (κ3) is 3.62. The lowest BCUT2D eigenvalue weighted by molar-refractivity contribution is -0.385. The summed E-state index contributed by atoms with van der Waals surface area (Å²) in [6.45, 7) is 3.74. The topological polar surface area (TPSA) is 121 Å². The zero-order chi connectivity index (χ0) is 24.1. The molecule has 2 aromatic heterocycles. The molecule has 178 valence electrons. The molecule has 2 fully saturated rings. The second-order valence-corrected chi connectivity index (χ2v) is 9.15. The van der Waals surface area contributed by atoms with Gasteiger partial charge in [0.2, 0.25) is 5.75 Å². The summed E-state index contributed by atoms with van der Waals surface area (Å²) < 4.78 is 1.59. The second-order valence-electron chi connectivity index (χ2n) is 9.15. The van der Waals surface area contributed by atoms with Crippen LogP contribution in [0.1, 0.15) is 24.9 Å². The molecule has 2 aliphatic heterocycles. The average Bonchev–Trinajstić information content (AvgIpc) is 3.59. The maximum absolute atomic E-state index is 11.6. The van der Waals surface area contributed by atoms with Crippen LogP contribution >= 0.6 is 0 Å². The van der Waals surface area contributed by atoms with Crippen molar-refractivity contribution in [3.05, 3.63) is 76.5 Å². The summed E-state index contributed by atoms with van der Waals surface area (Å²) in [5, 5.41) is 35.0. The van der Waals surface area contributed by atoms with Gasteiger partial charge in [0.05, 0.1) is 10.6 Å². The Labute approximate surface area is 201 Å². The maximum atomic E-state index is 11.6. The van der Waals surface area contributed by atoms with Crippen molar-refractivity contribution < 1.29 is 10.0 Å². The van der Waals surface area contributed by atoms with Crippen molar-refractivity contribution in [3.8, 4) is 11.4 Å². The standard InChI is InChI=1S/C25H25N7O3/c1-15(16-5-3-2-4-6-16)28-22-12-18(9-10-26-22)31-23-20(7-8-21(24(23)33)32(34)35)25(29-31)30-14-17-11-19(30)13-27-17/h2-10,12,15,17,19,27,33H,11,13-14H2,1H3,(H,26,28)/t15-,17-,19-/m0/s1. The highest BCUT2D eigenvalue weighted by Gasteiger charge is 2.40. The van der Waals surface area contributed by atoms with E-state index in [0.29, 0.717) is 34.5 Å². The molecule has 0 radical (unpaired) electrons. The number of phenols is 1. The van der Waals surface area contributed by atoms with Crippen molar-refractivity contribution in [2.45, 2.75) is 31.5 Å². The Bertz CT molecular complexity index is 1420. The SMILES string of the molecule is C[C@H](Nc1cc(-n2nc(N3C[C@@H]4C[C@H]3CN4)c3ccc([N+](=O)[O-])c(O)c32)ccn1)c1ccccc1. The highest BCUT2D eigenvalue weighted by molar-refractivity contribution is 5.98. The third-order valence-corrected chi connectivity index (χ3v) is 6.95. The molecule has 6 rings (SSSR count). The van der Waals surface area contributed by atoms with Gasteiger partial charge in [0, 0.05) is 54.9 Å². The number of benzene rings is 2. The van der Waals surface area contributed by atoms with E-state index in [4.69, 9.17) is 5.10 Å². The number of nitro benzene ring substituents is 1. The predicted octanol–water partition coefficient (Wildman–Crippen LogP) is 3.76. The Morgan fingerprint density at radius 1 is 1.23 bits per heavy atom.